The van der Waals surface area contributed by atoms with E-state index in [1.165, 1.54) is 0 Å². The molecule has 1 amide bonds. The largest absolute Gasteiger partial charge is 0.378 e. The molecule has 2 heterocycles. The number of hydrogen-bond acceptors (Lipinski definition) is 4. The molecule has 2 atom stereocenters. The van der Waals surface area contributed by atoms with Crippen LogP contribution in [-0.2, 0) is 16.6 Å². The van der Waals surface area contributed by atoms with Crippen molar-refractivity contribution in [3.05, 3.63) is 18.0 Å². The molecule has 1 aromatic heterocycles. The summed E-state index contributed by atoms with van der Waals surface area (Å²) in [6, 6.07) is -0.0954. The Labute approximate surface area is 113 Å². The molecule has 6 nitrogen and oxygen atoms in total. The molecule has 0 aliphatic carbocycles. The van der Waals surface area contributed by atoms with E-state index in [1.807, 2.05) is 38.2 Å². The lowest BCUT2D eigenvalue weighted by molar-refractivity contribution is -0.137. The Bertz CT molecular complexity index is 426. The number of nitrogens with zero attached hydrogens (tertiary/aromatic N) is 3. The smallest absolute Gasteiger partial charge is 0.239 e. The van der Waals surface area contributed by atoms with Crippen LogP contribution in [0.5, 0.6) is 0 Å². The maximum atomic E-state index is 12.3. The van der Waals surface area contributed by atoms with Crippen molar-refractivity contribution >= 4 is 5.91 Å². The van der Waals surface area contributed by atoms with Gasteiger partial charge in [0.2, 0.25) is 5.91 Å². The van der Waals surface area contributed by atoms with Gasteiger partial charge in [0.15, 0.2) is 0 Å². The molecule has 106 valence electrons. The van der Waals surface area contributed by atoms with Gasteiger partial charge in [0.25, 0.3) is 0 Å². The van der Waals surface area contributed by atoms with Gasteiger partial charge in [-0.15, -0.1) is 0 Å². The summed E-state index contributed by atoms with van der Waals surface area (Å²) in [5.41, 5.74) is 1.09. The summed E-state index contributed by atoms with van der Waals surface area (Å²) < 4.78 is 7.02. The molecule has 0 radical (unpaired) electrons. The van der Waals surface area contributed by atoms with Gasteiger partial charge in [0.05, 0.1) is 25.5 Å². The molecule has 1 N–H and O–H groups in total. The number of carbonyl (C=O) groups is 1. The maximum absolute atomic E-state index is 12.3. The van der Waals surface area contributed by atoms with E-state index in [-0.39, 0.29) is 18.0 Å². The Morgan fingerprint density at radius 1 is 1.42 bits per heavy atom. The first-order valence-electron chi connectivity index (χ1n) is 6.69. The van der Waals surface area contributed by atoms with Crippen molar-refractivity contribution in [2.75, 3.05) is 26.3 Å². The van der Waals surface area contributed by atoms with E-state index < -0.39 is 0 Å². The molecule has 0 aromatic carbocycles. The summed E-state index contributed by atoms with van der Waals surface area (Å²) in [5, 5.41) is 7.47. The SMILES string of the molecule is C[C@@H](N[C@H](C)c1cnn(C)c1)C(=O)N1CCOCC1. The third-order valence-electron chi connectivity index (χ3n) is 3.42. The van der Waals surface area contributed by atoms with E-state index in [0.29, 0.717) is 26.3 Å². The van der Waals surface area contributed by atoms with Crippen molar-refractivity contribution < 1.29 is 9.53 Å². The van der Waals surface area contributed by atoms with Crippen LogP contribution in [0.15, 0.2) is 12.4 Å². The number of ether oxygens (including phenoxy) is 1. The minimum absolute atomic E-state index is 0.105. The van der Waals surface area contributed by atoms with E-state index in [1.54, 1.807) is 4.68 Å². The van der Waals surface area contributed by atoms with E-state index in [9.17, 15) is 4.79 Å². The average molecular weight is 266 g/mol. The Morgan fingerprint density at radius 3 is 2.68 bits per heavy atom. The van der Waals surface area contributed by atoms with Gasteiger partial charge in [-0.2, -0.15) is 5.10 Å². The molecule has 0 saturated carbocycles. The number of nitrogens with one attached hydrogen (secondary N) is 1. The molecular weight excluding hydrogens is 244 g/mol. The van der Waals surface area contributed by atoms with Gasteiger partial charge >= 0.3 is 0 Å². The third kappa shape index (κ3) is 3.54. The number of hydrogen-bond donors (Lipinski definition) is 1. The third-order valence-corrected chi connectivity index (χ3v) is 3.42. The van der Waals surface area contributed by atoms with Gasteiger partial charge in [0, 0.05) is 37.9 Å². The second-order valence-electron chi connectivity index (χ2n) is 5.00. The van der Waals surface area contributed by atoms with Crippen molar-refractivity contribution in [3.63, 3.8) is 0 Å². The van der Waals surface area contributed by atoms with Gasteiger partial charge in [-0.25, -0.2) is 0 Å². The predicted octanol–water partition coefficient (Wildman–Crippen LogP) is 0.318. The normalized spacial score (nSPS) is 19.2. The van der Waals surface area contributed by atoms with Crippen molar-refractivity contribution in [1.82, 2.24) is 20.0 Å². The van der Waals surface area contributed by atoms with Crippen LogP contribution in [0.3, 0.4) is 0 Å². The lowest BCUT2D eigenvalue weighted by Gasteiger charge is -2.30. The molecule has 0 bridgehead atoms. The van der Waals surface area contributed by atoms with Crippen molar-refractivity contribution in [1.29, 1.82) is 0 Å². The van der Waals surface area contributed by atoms with Crippen LogP contribution in [0.1, 0.15) is 25.5 Å². The van der Waals surface area contributed by atoms with E-state index in [0.717, 1.165) is 5.56 Å². The highest BCUT2D eigenvalue weighted by molar-refractivity contribution is 5.81. The van der Waals surface area contributed by atoms with E-state index in [4.69, 9.17) is 4.74 Å². The van der Waals surface area contributed by atoms with Gasteiger partial charge in [-0.1, -0.05) is 0 Å². The zero-order chi connectivity index (χ0) is 13.8. The fourth-order valence-corrected chi connectivity index (χ4v) is 2.26. The molecule has 19 heavy (non-hydrogen) atoms. The Morgan fingerprint density at radius 2 is 2.11 bits per heavy atom. The van der Waals surface area contributed by atoms with Crippen LogP contribution < -0.4 is 5.32 Å². The first-order chi connectivity index (χ1) is 9.08. The summed E-state index contributed by atoms with van der Waals surface area (Å²) in [6.45, 7) is 6.59. The van der Waals surface area contributed by atoms with Crippen molar-refractivity contribution in [3.8, 4) is 0 Å². The Balaban J connectivity index is 1.89. The Hall–Kier alpha value is -1.40. The van der Waals surface area contributed by atoms with Gasteiger partial charge in [0.1, 0.15) is 0 Å². The summed E-state index contributed by atoms with van der Waals surface area (Å²) >= 11 is 0. The van der Waals surface area contributed by atoms with Crippen LogP contribution in [0.2, 0.25) is 0 Å². The highest BCUT2D eigenvalue weighted by Crippen LogP contribution is 2.12. The second kappa shape index (κ2) is 6.16. The number of amides is 1. The first kappa shape index (κ1) is 14.0. The highest BCUT2D eigenvalue weighted by atomic mass is 16.5. The lowest BCUT2D eigenvalue weighted by Crippen LogP contribution is -2.49. The van der Waals surface area contributed by atoms with Crippen molar-refractivity contribution in [2.24, 2.45) is 7.05 Å². The maximum Gasteiger partial charge on any atom is 0.239 e. The molecule has 1 saturated heterocycles. The predicted molar refractivity (Wildman–Crippen MR) is 71.6 cm³/mol. The quantitative estimate of drug-likeness (QED) is 0.852. The van der Waals surface area contributed by atoms with Crippen LogP contribution in [0.4, 0.5) is 0 Å². The Kier molecular flexibility index (Phi) is 4.55. The van der Waals surface area contributed by atoms with Crippen LogP contribution >= 0.6 is 0 Å². The zero-order valence-corrected chi connectivity index (χ0v) is 11.8. The number of aryl methyl sites for hydroxylation is 1. The van der Waals surface area contributed by atoms with Crippen molar-refractivity contribution in [2.45, 2.75) is 25.9 Å². The van der Waals surface area contributed by atoms with E-state index in [2.05, 4.69) is 10.4 Å². The highest BCUT2D eigenvalue weighted by Gasteiger charge is 2.23. The minimum Gasteiger partial charge on any atom is -0.378 e. The molecule has 0 unspecified atom stereocenters. The van der Waals surface area contributed by atoms with Crippen LogP contribution in [-0.4, -0.2) is 52.9 Å². The average Bonchev–Trinajstić information content (AvgIpc) is 2.85. The molecule has 1 aliphatic heterocycles. The lowest BCUT2D eigenvalue weighted by atomic mass is 10.1. The molecular formula is C13H22N4O2. The molecule has 6 heteroatoms. The van der Waals surface area contributed by atoms with E-state index >= 15 is 0 Å². The summed E-state index contributed by atoms with van der Waals surface area (Å²) in [7, 11) is 1.89. The standard InChI is InChI=1S/C13H22N4O2/c1-10(12-8-14-16(3)9-12)15-11(2)13(18)17-4-6-19-7-5-17/h8-11,15H,4-7H2,1-3H3/t10-,11-/m1/s1. The summed E-state index contributed by atoms with van der Waals surface area (Å²) in [6.07, 6.45) is 3.78. The fourth-order valence-electron chi connectivity index (χ4n) is 2.26. The molecule has 0 spiro atoms. The summed E-state index contributed by atoms with van der Waals surface area (Å²) in [5.74, 6) is 0.138. The number of aromatic nitrogens is 2. The molecule has 1 aromatic rings. The molecule has 1 fully saturated rings. The number of carbonyl (C=O) groups excluding carboxylic acids is 1. The van der Waals surface area contributed by atoms with Crippen LogP contribution in [0, 0.1) is 0 Å². The van der Waals surface area contributed by atoms with Gasteiger partial charge in [-0.05, 0) is 13.8 Å². The topological polar surface area (TPSA) is 59.4 Å². The minimum atomic E-state index is -0.201. The summed E-state index contributed by atoms with van der Waals surface area (Å²) in [4.78, 5) is 14.1. The molecule has 2 rings (SSSR count). The van der Waals surface area contributed by atoms with Gasteiger partial charge < -0.3 is 9.64 Å². The number of rotatable bonds is 4. The second-order valence-corrected chi connectivity index (χ2v) is 5.00. The number of morpholine rings is 1. The first-order valence-corrected chi connectivity index (χ1v) is 6.69. The molecule has 1 aliphatic rings. The zero-order valence-electron chi connectivity index (χ0n) is 11.8. The monoisotopic (exact) mass is 266 g/mol. The fraction of sp³-hybridized carbons (Fsp3) is 0.692. The van der Waals surface area contributed by atoms with Gasteiger partial charge in [-0.3, -0.25) is 14.8 Å². The van der Waals surface area contributed by atoms with Crippen LogP contribution in [0.25, 0.3) is 0 Å².